The standard InChI is InChI=1S/C11H6Cl3NO2/c1-5-9(11(14)16)10(15-17-5)6-2-3-7(12)8(13)4-6/h2-4H,1H3. The lowest BCUT2D eigenvalue weighted by molar-refractivity contribution is 0.108. The predicted molar refractivity (Wildman–Crippen MR) is 66.9 cm³/mol. The van der Waals surface area contributed by atoms with Gasteiger partial charge in [-0.15, -0.1) is 0 Å². The number of aryl methyl sites for hydroxylation is 1. The Morgan fingerprint density at radius 1 is 1.29 bits per heavy atom. The largest absolute Gasteiger partial charge is 0.360 e. The van der Waals surface area contributed by atoms with Crippen LogP contribution in [0, 0.1) is 6.92 Å². The third kappa shape index (κ3) is 2.32. The second kappa shape index (κ2) is 4.69. The Hall–Kier alpha value is -1.03. The van der Waals surface area contributed by atoms with Gasteiger partial charge in [0.05, 0.1) is 10.0 Å². The highest BCUT2D eigenvalue weighted by Crippen LogP contribution is 2.31. The topological polar surface area (TPSA) is 43.1 Å². The Morgan fingerprint density at radius 2 is 2.00 bits per heavy atom. The van der Waals surface area contributed by atoms with Gasteiger partial charge in [-0.1, -0.05) is 34.4 Å². The van der Waals surface area contributed by atoms with Crippen LogP contribution in [0.5, 0.6) is 0 Å². The second-order valence-electron chi connectivity index (χ2n) is 3.36. The molecule has 1 heterocycles. The number of nitrogens with zero attached hydrogens (tertiary/aromatic N) is 1. The summed E-state index contributed by atoms with van der Waals surface area (Å²) >= 11 is 17.2. The van der Waals surface area contributed by atoms with Crippen LogP contribution in [0.1, 0.15) is 16.1 Å². The highest BCUT2D eigenvalue weighted by molar-refractivity contribution is 6.68. The molecule has 3 nitrogen and oxygen atoms in total. The fourth-order valence-electron chi connectivity index (χ4n) is 1.44. The predicted octanol–water partition coefficient (Wildman–Crippen LogP) is 4.34. The van der Waals surface area contributed by atoms with E-state index in [1.807, 2.05) is 0 Å². The number of carbonyl (C=O) groups excluding carboxylic acids is 1. The van der Waals surface area contributed by atoms with Gasteiger partial charge >= 0.3 is 0 Å². The Balaban J connectivity index is 2.60. The first-order valence-corrected chi connectivity index (χ1v) is 5.75. The molecule has 6 heteroatoms. The van der Waals surface area contributed by atoms with Crippen LogP contribution < -0.4 is 0 Å². The minimum atomic E-state index is -0.621. The summed E-state index contributed by atoms with van der Waals surface area (Å²) in [6.07, 6.45) is 0. The molecular weight excluding hydrogens is 284 g/mol. The maximum absolute atomic E-state index is 11.3. The summed E-state index contributed by atoms with van der Waals surface area (Å²) in [7, 11) is 0. The molecule has 2 aromatic rings. The quantitative estimate of drug-likeness (QED) is 0.773. The Bertz CT molecular complexity index is 592. The molecule has 88 valence electrons. The molecule has 0 atom stereocenters. The molecule has 0 radical (unpaired) electrons. The van der Waals surface area contributed by atoms with E-state index in [9.17, 15) is 4.79 Å². The average molecular weight is 291 g/mol. The summed E-state index contributed by atoms with van der Waals surface area (Å²) < 4.78 is 4.95. The molecule has 0 unspecified atom stereocenters. The third-order valence-electron chi connectivity index (χ3n) is 2.25. The molecule has 17 heavy (non-hydrogen) atoms. The van der Waals surface area contributed by atoms with Crippen molar-refractivity contribution in [1.29, 1.82) is 0 Å². The van der Waals surface area contributed by atoms with E-state index in [0.717, 1.165) is 0 Å². The fraction of sp³-hybridized carbons (Fsp3) is 0.0909. The highest BCUT2D eigenvalue weighted by atomic mass is 35.5. The number of benzene rings is 1. The minimum absolute atomic E-state index is 0.241. The van der Waals surface area contributed by atoms with Crippen molar-refractivity contribution >= 4 is 40.0 Å². The van der Waals surface area contributed by atoms with Crippen molar-refractivity contribution < 1.29 is 9.32 Å². The number of carbonyl (C=O) groups is 1. The van der Waals surface area contributed by atoms with Gasteiger partial charge in [-0.05, 0) is 30.7 Å². The first-order chi connectivity index (χ1) is 8.00. The van der Waals surface area contributed by atoms with Crippen LogP contribution in [0.3, 0.4) is 0 Å². The molecule has 0 N–H and O–H groups in total. The molecule has 0 bridgehead atoms. The Morgan fingerprint density at radius 3 is 2.59 bits per heavy atom. The molecule has 0 aliphatic rings. The van der Waals surface area contributed by atoms with E-state index in [-0.39, 0.29) is 5.56 Å². The number of halogens is 3. The molecule has 0 fully saturated rings. The zero-order valence-electron chi connectivity index (χ0n) is 8.63. The van der Waals surface area contributed by atoms with Gasteiger partial charge in [-0.3, -0.25) is 4.79 Å². The molecule has 0 spiro atoms. The summed E-state index contributed by atoms with van der Waals surface area (Å²) in [4.78, 5) is 11.3. The summed E-state index contributed by atoms with van der Waals surface area (Å²) in [5.74, 6) is 0.367. The van der Waals surface area contributed by atoms with Crippen molar-refractivity contribution in [3.8, 4) is 11.3 Å². The molecule has 0 saturated heterocycles. The van der Waals surface area contributed by atoms with E-state index >= 15 is 0 Å². The molecule has 1 aromatic carbocycles. The summed E-state index contributed by atoms with van der Waals surface area (Å²) in [5.41, 5.74) is 1.23. The SMILES string of the molecule is Cc1onc(-c2ccc(Cl)c(Cl)c2)c1C(=O)Cl. The van der Waals surface area contributed by atoms with E-state index < -0.39 is 5.24 Å². The van der Waals surface area contributed by atoms with Crippen LogP contribution in [-0.2, 0) is 0 Å². The van der Waals surface area contributed by atoms with Crippen molar-refractivity contribution in [2.24, 2.45) is 0 Å². The third-order valence-corrected chi connectivity index (χ3v) is 3.18. The summed E-state index contributed by atoms with van der Waals surface area (Å²) in [6.45, 7) is 1.61. The van der Waals surface area contributed by atoms with Gasteiger partial charge in [0.2, 0.25) is 0 Å². The maximum atomic E-state index is 11.3. The van der Waals surface area contributed by atoms with Gasteiger partial charge in [0, 0.05) is 5.56 Å². The lowest BCUT2D eigenvalue weighted by atomic mass is 10.1. The lowest BCUT2D eigenvalue weighted by Crippen LogP contribution is -1.93. The molecule has 0 amide bonds. The smallest absolute Gasteiger partial charge is 0.258 e. The Kier molecular flexibility index (Phi) is 3.43. The van der Waals surface area contributed by atoms with Gasteiger partial charge in [0.25, 0.3) is 5.24 Å². The summed E-state index contributed by atoms with van der Waals surface area (Å²) in [5, 5.41) is 3.97. The molecule has 0 saturated carbocycles. The molecule has 2 rings (SSSR count). The van der Waals surface area contributed by atoms with Gasteiger partial charge in [0.15, 0.2) is 0 Å². The van der Waals surface area contributed by atoms with E-state index in [2.05, 4.69) is 5.16 Å². The monoisotopic (exact) mass is 289 g/mol. The van der Waals surface area contributed by atoms with Crippen LogP contribution in [0.15, 0.2) is 22.7 Å². The summed E-state index contributed by atoms with van der Waals surface area (Å²) in [6, 6.07) is 4.91. The van der Waals surface area contributed by atoms with Gasteiger partial charge in [-0.2, -0.15) is 0 Å². The van der Waals surface area contributed by atoms with Gasteiger partial charge < -0.3 is 4.52 Å². The zero-order chi connectivity index (χ0) is 12.6. The van der Waals surface area contributed by atoms with Crippen LogP contribution in [0.25, 0.3) is 11.3 Å². The highest BCUT2D eigenvalue weighted by Gasteiger charge is 2.20. The number of rotatable bonds is 2. The van der Waals surface area contributed by atoms with Gasteiger partial charge in [0.1, 0.15) is 17.0 Å². The van der Waals surface area contributed by atoms with Crippen molar-refractivity contribution in [3.05, 3.63) is 39.6 Å². The second-order valence-corrected chi connectivity index (χ2v) is 4.52. The van der Waals surface area contributed by atoms with Gasteiger partial charge in [-0.25, -0.2) is 0 Å². The molecule has 0 aliphatic heterocycles. The van der Waals surface area contributed by atoms with E-state index in [1.54, 1.807) is 25.1 Å². The van der Waals surface area contributed by atoms with Crippen LogP contribution in [0.2, 0.25) is 10.0 Å². The first-order valence-electron chi connectivity index (χ1n) is 4.62. The van der Waals surface area contributed by atoms with E-state index in [0.29, 0.717) is 27.1 Å². The molecular formula is C11H6Cl3NO2. The van der Waals surface area contributed by atoms with E-state index in [1.165, 1.54) is 0 Å². The average Bonchev–Trinajstić information content (AvgIpc) is 2.64. The number of aromatic nitrogens is 1. The zero-order valence-corrected chi connectivity index (χ0v) is 10.9. The maximum Gasteiger partial charge on any atom is 0.258 e. The van der Waals surface area contributed by atoms with Crippen LogP contribution >= 0.6 is 34.8 Å². The van der Waals surface area contributed by atoms with Crippen molar-refractivity contribution in [1.82, 2.24) is 5.16 Å². The minimum Gasteiger partial charge on any atom is -0.360 e. The normalized spacial score (nSPS) is 10.6. The molecule has 0 aliphatic carbocycles. The first kappa shape index (κ1) is 12.4. The van der Waals surface area contributed by atoms with Crippen molar-refractivity contribution in [2.45, 2.75) is 6.92 Å². The Labute approximate surface area is 112 Å². The van der Waals surface area contributed by atoms with E-state index in [4.69, 9.17) is 39.3 Å². The van der Waals surface area contributed by atoms with Crippen LogP contribution in [0.4, 0.5) is 0 Å². The van der Waals surface area contributed by atoms with Crippen molar-refractivity contribution in [3.63, 3.8) is 0 Å². The lowest BCUT2D eigenvalue weighted by Gasteiger charge is -2.00. The van der Waals surface area contributed by atoms with Crippen LogP contribution in [-0.4, -0.2) is 10.4 Å². The molecule has 1 aromatic heterocycles. The number of hydrogen-bond donors (Lipinski definition) is 0. The number of hydrogen-bond acceptors (Lipinski definition) is 3. The van der Waals surface area contributed by atoms with Crippen molar-refractivity contribution in [2.75, 3.05) is 0 Å². The fourth-order valence-corrected chi connectivity index (χ4v) is 1.96.